The quantitative estimate of drug-likeness (QED) is 0.915. The van der Waals surface area contributed by atoms with Gasteiger partial charge in [-0.15, -0.1) is 0 Å². The van der Waals surface area contributed by atoms with Gasteiger partial charge in [0.15, 0.2) is 5.69 Å². The third-order valence-corrected chi connectivity index (χ3v) is 3.34. The molecule has 6 nitrogen and oxygen atoms in total. The summed E-state index contributed by atoms with van der Waals surface area (Å²) in [5.74, 6) is -1.64. The van der Waals surface area contributed by atoms with Crippen LogP contribution in [-0.4, -0.2) is 44.3 Å². The minimum Gasteiger partial charge on any atom is -0.480 e. The number of piperidine rings is 1. The van der Waals surface area contributed by atoms with E-state index in [1.807, 2.05) is 0 Å². The summed E-state index contributed by atoms with van der Waals surface area (Å²) in [6.07, 6.45) is -1.76. The molecular weight excluding hydrogens is 291 g/mol. The average Bonchev–Trinajstić information content (AvgIpc) is 2.87. The number of amides is 1. The summed E-state index contributed by atoms with van der Waals surface area (Å²) in [7, 11) is 0. The molecule has 21 heavy (non-hydrogen) atoms. The Labute approximate surface area is 118 Å². The molecule has 1 saturated heterocycles. The monoisotopic (exact) mass is 305 g/mol. The van der Waals surface area contributed by atoms with Gasteiger partial charge in [0.2, 0.25) is 5.91 Å². The van der Waals surface area contributed by atoms with Gasteiger partial charge in [-0.05, 0) is 25.3 Å². The average molecular weight is 305 g/mol. The predicted molar refractivity (Wildman–Crippen MR) is 64.2 cm³/mol. The van der Waals surface area contributed by atoms with Crippen LogP contribution in [0.3, 0.4) is 0 Å². The van der Waals surface area contributed by atoms with Gasteiger partial charge in [-0.25, -0.2) is 4.79 Å². The SMILES string of the molecule is O=C(O)[C@H]1CCCCN1C(=O)Cn1ccc(C(F)(F)F)n1. The van der Waals surface area contributed by atoms with Crippen LogP contribution in [0, 0.1) is 0 Å². The molecule has 1 atom stereocenters. The van der Waals surface area contributed by atoms with Crippen LogP contribution in [0.2, 0.25) is 0 Å². The second-order valence-corrected chi connectivity index (χ2v) is 4.83. The number of hydrogen-bond acceptors (Lipinski definition) is 3. The highest BCUT2D eigenvalue weighted by Crippen LogP contribution is 2.27. The maximum Gasteiger partial charge on any atom is 0.435 e. The largest absolute Gasteiger partial charge is 0.480 e. The minimum atomic E-state index is -4.57. The summed E-state index contributed by atoms with van der Waals surface area (Å²) in [6.45, 7) is -0.108. The van der Waals surface area contributed by atoms with Crippen molar-refractivity contribution in [1.82, 2.24) is 14.7 Å². The lowest BCUT2D eigenvalue weighted by atomic mass is 10.0. The molecule has 0 bridgehead atoms. The number of nitrogens with zero attached hydrogens (tertiary/aromatic N) is 3. The van der Waals surface area contributed by atoms with Crippen LogP contribution in [0.5, 0.6) is 0 Å². The van der Waals surface area contributed by atoms with Crippen LogP contribution in [0.25, 0.3) is 0 Å². The molecule has 9 heteroatoms. The first-order valence-corrected chi connectivity index (χ1v) is 6.42. The van der Waals surface area contributed by atoms with Gasteiger partial charge in [0.25, 0.3) is 0 Å². The molecule has 1 amide bonds. The lowest BCUT2D eigenvalue weighted by Gasteiger charge is -2.32. The van der Waals surface area contributed by atoms with Gasteiger partial charge in [-0.1, -0.05) is 0 Å². The lowest BCUT2D eigenvalue weighted by Crippen LogP contribution is -2.49. The van der Waals surface area contributed by atoms with Gasteiger partial charge in [-0.3, -0.25) is 9.48 Å². The molecule has 2 heterocycles. The Kier molecular flexibility index (Phi) is 4.19. The first-order chi connectivity index (χ1) is 9.79. The number of aliphatic carboxylic acids is 1. The topological polar surface area (TPSA) is 75.4 Å². The van der Waals surface area contributed by atoms with Crippen molar-refractivity contribution in [1.29, 1.82) is 0 Å². The Morgan fingerprint density at radius 3 is 2.67 bits per heavy atom. The van der Waals surface area contributed by atoms with Crippen molar-refractivity contribution in [3.8, 4) is 0 Å². The molecule has 1 aromatic rings. The van der Waals surface area contributed by atoms with E-state index in [4.69, 9.17) is 5.11 Å². The van der Waals surface area contributed by atoms with Crippen molar-refractivity contribution >= 4 is 11.9 Å². The Morgan fingerprint density at radius 1 is 1.38 bits per heavy atom. The predicted octanol–water partition coefficient (Wildman–Crippen LogP) is 1.37. The molecule has 0 unspecified atom stereocenters. The van der Waals surface area contributed by atoms with Crippen LogP contribution in [-0.2, 0) is 22.3 Å². The molecule has 0 spiro atoms. The number of carboxylic acid groups (broad SMARTS) is 1. The fourth-order valence-corrected chi connectivity index (χ4v) is 2.32. The van der Waals surface area contributed by atoms with E-state index in [-0.39, 0.29) is 0 Å². The summed E-state index contributed by atoms with van der Waals surface area (Å²) in [4.78, 5) is 24.3. The van der Waals surface area contributed by atoms with E-state index in [1.54, 1.807) is 0 Å². The zero-order valence-electron chi connectivity index (χ0n) is 11.0. The standard InChI is InChI=1S/C12H14F3N3O3/c13-12(14,15)9-4-6-17(16-9)7-10(19)18-5-2-1-3-8(18)11(20)21/h4,6,8H,1-3,5,7H2,(H,20,21)/t8-/m1/s1. The van der Waals surface area contributed by atoms with Crippen molar-refractivity contribution in [2.45, 2.75) is 38.0 Å². The van der Waals surface area contributed by atoms with E-state index in [0.717, 1.165) is 16.9 Å². The molecule has 0 radical (unpaired) electrons. The number of rotatable bonds is 3. The van der Waals surface area contributed by atoms with Gasteiger partial charge >= 0.3 is 12.1 Å². The molecule has 2 rings (SSSR count). The number of aromatic nitrogens is 2. The van der Waals surface area contributed by atoms with E-state index >= 15 is 0 Å². The van der Waals surface area contributed by atoms with Gasteiger partial charge < -0.3 is 10.0 Å². The molecular formula is C12H14F3N3O3. The van der Waals surface area contributed by atoms with Crippen LogP contribution < -0.4 is 0 Å². The molecule has 0 saturated carbocycles. The smallest absolute Gasteiger partial charge is 0.435 e. The number of alkyl halides is 3. The third-order valence-electron chi connectivity index (χ3n) is 3.34. The molecule has 1 N–H and O–H groups in total. The van der Waals surface area contributed by atoms with Crippen molar-refractivity contribution in [3.63, 3.8) is 0 Å². The van der Waals surface area contributed by atoms with E-state index in [2.05, 4.69) is 5.10 Å². The number of likely N-dealkylation sites (tertiary alicyclic amines) is 1. The van der Waals surface area contributed by atoms with Crippen LogP contribution in [0.4, 0.5) is 13.2 Å². The molecule has 1 aromatic heterocycles. The Hall–Kier alpha value is -2.06. The zero-order valence-corrected chi connectivity index (χ0v) is 11.0. The maximum atomic E-state index is 12.4. The van der Waals surface area contributed by atoms with Gasteiger partial charge in [0.1, 0.15) is 12.6 Å². The highest BCUT2D eigenvalue weighted by molar-refractivity contribution is 5.83. The second-order valence-electron chi connectivity index (χ2n) is 4.83. The molecule has 1 fully saturated rings. The Morgan fingerprint density at radius 2 is 2.10 bits per heavy atom. The summed E-state index contributed by atoms with van der Waals surface area (Å²) in [6, 6.07) is -0.137. The molecule has 0 aliphatic carbocycles. The van der Waals surface area contributed by atoms with Gasteiger partial charge in [0, 0.05) is 12.7 Å². The zero-order chi connectivity index (χ0) is 15.6. The second kappa shape index (κ2) is 5.74. The molecule has 1 aliphatic rings. The lowest BCUT2D eigenvalue weighted by molar-refractivity contribution is -0.152. The first kappa shape index (κ1) is 15.3. The maximum absolute atomic E-state index is 12.4. The summed E-state index contributed by atoms with van der Waals surface area (Å²) in [5.41, 5.74) is -1.08. The number of halogens is 3. The fourth-order valence-electron chi connectivity index (χ4n) is 2.32. The van der Waals surface area contributed by atoms with E-state index in [9.17, 15) is 22.8 Å². The van der Waals surface area contributed by atoms with Crippen molar-refractivity contribution in [3.05, 3.63) is 18.0 Å². The summed E-state index contributed by atoms with van der Waals surface area (Å²) < 4.78 is 38.1. The van der Waals surface area contributed by atoms with Gasteiger partial charge in [0.05, 0.1) is 0 Å². The number of carboxylic acids is 1. The minimum absolute atomic E-state index is 0.295. The highest BCUT2D eigenvalue weighted by Gasteiger charge is 2.35. The number of hydrogen-bond donors (Lipinski definition) is 1. The molecule has 116 valence electrons. The van der Waals surface area contributed by atoms with Crippen LogP contribution in [0.1, 0.15) is 25.0 Å². The highest BCUT2D eigenvalue weighted by atomic mass is 19.4. The Balaban J connectivity index is 2.06. The normalized spacial score (nSPS) is 19.6. The fraction of sp³-hybridized carbons (Fsp3) is 0.583. The van der Waals surface area contributed by atoms with Crippen molar-refractivity contribution in [2.24, 2.45) is 0 Å². The van der Waals surface area contributed by atoms with E-state index in [1.165, 1.54) is 4.90 Å². The number of carbonyl (C=O) groups excluding carboxylic acids is 1. The van der Waals surface area contributed by atoms with Crippen LogP contribution >= 0.6 is 0 Å². The first-order valence-electron chi connectivity index (χ1n) is 6.42. The van der Waals surface area contributed by atoms with Crippen molar-refractivity contribution in [2.75, 3.05) is 6.54 Å². The van der Waals surface area contributed by atoms with Crippen LogP contribution in [0.15, 0.2) is 12.3 Å². The number of carbonyl (C=O) groups is 2. The Bertz CT molecular complexity index is 541. The molecule has 1 aliphatic heterocycles. The molecule has 0 aromatic carbocycles. The van der Waals surface area contributed by atoms with E-state index < -0.39 is 36.3 Å². The van der Waals surface area contributed by atoms with E-state index in [0.29, 0.717) is 25.8 Å². The summed E-state index contributed by atoms with van der Waals surface area (Å²) in [5, 5.41) is 12.4. The van der Waals surface area contributed by atoms with Gasteiger partial charge in [-0.2, -0.15) is 18.3 Å². The third kappa shape index (κ3) is 3.53. The summed E-state index contributed by atoms with van der Waals surface area (Å²) >= 11 is 0. The van der Waals surface area contributed by atoms with Crippen molar-refractivity contribution < 1.29 is 27.9 Å².